The standard InChI is InChI=1S/C13H22N2O2S/c1-13(2,18(15)17)7-12(8-14)11-5-3-10(9-16)4-6-11/h3-6,12,16H,7-9,14-15H2,1-2H3/t12-,18?/m1/s1. The maximum absolute atomic E-state index is 11.5. The highest BCUT2D eigenvalue weighted by Crippen LogP contribution is 2.28. The Morgan fingerprint density at radius 1 is 1.33 bits per heavy atom. The summed E-state index contributed by atoms with van der Waals surface area (Å²) in [5.74, 6) is 0.125. The van der Waals surface area contributed by atoms with Crippen molar-refractivity contribution in [2.75, 3.05) is 6.54 Å². The molecule has 0 aliphatic heterocycles. The Bertz CT molecular complexity index is 404. The van der Waals surface area contributed by atoms with Crippen LogP contribution in [0.5, 0.6) is 0 Å². The molecular weight excluding hydrogens is 248 g/mol. The van der Waals surface area contributed by atoms with Crippen LogP contribution in [0.3, 0.4) is 0 Å². The minimum Gasteiger partial charge on any atom is -0.392 e. The molecule has 0 spiro atoms. The molecule has 0 aliphatic rings. The lowest BCUT2D eigenvalue weighted by atomic mass is 9.89. The van der Waals surface area contributed by atoms with Gasteiger partial charge in [-0.3, -0.25) is 5.14 Å². The molecule has 5 heteroatoms. The number of rotatable bonds is 6. The molecule has 0 radical (unpaired) electrons. The summed E-state index contributed by atoms with van der Waals surface area (Å²) in [5.41, 5.74) is 7.76. The van der Waals surface area contributed by atoms with Crippen LogP contribution in [0.2, 0.25) is 0 Å². The van der Waals surface area contributed by atoms with Crippen LogP contribution < -0.4 is 10.9 Å². The van der Waals surface area contributed by atoms with Crippen molar-refractivity contribution in [3.8, 4) is 0 Å². The Hall–Kier alpha value is -0.750. The maximum Gasteiger partial charge on any atom is 0.0945 e. The predicted molar refractivity (Wildman–Crippen MR) is 75.2 cm³/mol. The van der Waals surface area contributed by atoms with Gasteiger partial charge in [-0.1, -0.05) is 24.3 Å². The highest BCUT2D eigenvalue weighted by atomic mass is 32.2. The molecule has 1 rings (SSSR count). The number of aliphatic hydroxyl groups excluding tert-OH is 1. The quantitative estimate of drug-likeness (QED) is 0.720. The molecule has 0 bridgehead atoms. The van der Waals surface area contributed by atoms with Crippen molar-refractivity contribution in [1.82, 2.24) is 0 Å². The average Bonchev–Trinajstić information content (AvgIpc) is 2.36. The van der Waals surface area contributed by atoms with Gasteiger partial charge in [0, 0.05) is 0 Å². The second kappa shape index (κ2) is 6.43. The Kier molecular flexibility index (Phi) is 5.47. The first-order chi connectivity index (χ1) is 8.40. The largest absolute Gasteiger partial charge is 0.392 e. The molecule has 0 saturated heterocycles. The second-order valence-electron chi connectivity index (χ2n) is 5.09. The van der Waals surface area contributed by atoms with Crippen LogP contribution in [0.4, 0.5) is 0 Å². The van der Waals surface area contributed by atoms with E-state index in [1.54, 1.807) is 0 Å². The van der Waals surface area contributed by atoms with Crippen molar-refractivity contribution in [3.63, 3.8) is 0 Å². The van der Waals surface area contributed by atoms with Crippen LogP contribution in [0, 0.1) is 0 Å². The summed E-state index contributed by atoms with van der Waals surface area (Å²) in [7, 11) is -1.37. The highest BCUT2D eigenvalue weighted by molar-refractivity contribution is 7.84. The molecule has 18 heavy (non-hydrogen) atoms. The van der Waals surface area contributed by atoms with Crippen molar-refractivity contribution in [3.05, 3.63) is 35.4 Å². The number of aliphatic hydroxyl groups is 1. The van der Waals surface area contributed by atoms with Gasteiger partial charge >= 0.3 is 0 Å². The summed E-state index contributed by atoms with van der Waals surface area (Å²) in [6, 6.07) is 7.67. The molecule has 5 N–H and O–H groups in total. The van der Waals surface area contributed by atoms with Crippen molar-refractivity contribution < 1.29 is 9.32 Å². The number of benzene rings is 1. The minimum atomic E-state index is -1.37. The van der Waals surface area contributed by atoms with Crippen LogP contribution in [0.15, 0.2) is 24.3 Å². The number of hydrogen-bond acceptors (Lipinski definition) is 3. The van der Waals surface area contributed by atoms with E-state index in [-0.39, 0.29) is 12.5 Å². The molecule has 0 aliphatic carbocycles. The average molecular weight is 270 g/mol. The normalized spacial score (nSPS) is 15.4. The third-order valence-corrected chi connectivity index (χ3v) is 4.46. The molecule has 0 heterocycles. The van der Waals surface area contributed by atoms with Gasteiger partial charge in [0.15, 0.2) is 0 Å². The SMILES string of the molecule is CC(C)(C[C@H](CN)c1ccc(CO)cc1)S(N)=O. The van der Waals surface area contributed by atoms with E-state index in [0.717, 1.165) is 11.1 Å². The summed E-state index contributed by atoms with van der Waals surface area (Å²) >= 11 is 0. The number of hydrogen-bond donors (Lipinski definition) is 3. The second-order valence-corrected chi connectivity index (χ2v) is 6.79. The minimum absolute atomic E-state index is 0.0336. The van der Waals surface area contributed by atoms with Gasteiger partial charge in [0.2, 0.25) is 0 Å². The molecule has 2 atom stereocenters. The molecule has 0 amide bonds. The Labute approximate surface area is 111 Å². The fraction of sp³-hybridized carbons (Fsp3) is 0.538. The Balaban J connectivity index is 2.86. The molecule has 0 saturated carbocycles. The Morgan fingerprint density at radius 3 is 2.28 bits per heavy atom. The van der Waals surface area contributed by atoms with Gasteiger partial charge in [-0.15, -0.1) is 0 Å². The molecule has 1 aromatic rings. The van der Waals surface area contributed by atoms with Crippen LogP contribution in [-0.4, -0.2) is 20.6 Å². The molecule has 0 fully saturated rings. The van der Waals surface area contributed by atoms with Crippen molar-refractivity contribution in [2.24, 2.45) is 10.9 Å². The van der Waals surface area contributed by atoms with Crippen molar-refractivity contribution >= 4 is 11.0 Å². The zero-order chi connectivity index (χ0) is 13.8. The molecule has 102 valence electrons. The maximum atomic E-state index is 11.5. The molecule has 0 aromatic heterocycles. The lowest BCUT2D eigenvalue weighted by Crippen LogP contribution is -2.35. The smallest absolute Gasteiger partial charge is 0.0945 e. The van der Waals surface area contributed by atoms with E-state index >= 15 is 0 Å². The summed E-state index contributed by atoms with van der Waals surface area (Å²) in [6.45, 7) is 4.28. The molecule has 4 nitrogen and oxygen atoms in total. The molecular formula is C13H22N2O2S. The first-order valence-electron chi connectivity index (χ1n) is 5.96. The molecule has 1 aromatic carbocycles. The van der Waals surface area contributed by atoms with E-state index in [4.69, 9.17) is 16.0 Å². The zero-order valence-electron chi connectivity index (χ0n) is 10.9. The lowest BCUT2D eigenvalue weighted by Gasteiger charge is -2.27. The summed E-state index contributed by atoms with van der Waals surface area (Å²) in [5, 5.41) is 14.5. The zero-order valence-corrected chi connectivity index (χ0v) is 11.7. The van der Waals surface area contributed by atoms with E-state index in [1.165, 1.54) is 0 Å². The van der Waals surface area contributed by atoms with Crippen LogP contribution in [-0.2, 0) is 17.6 Å². The fourth-order valence-electron chi connectivity index (χ4n) is 1.91. The van der Waals surface area contributed by atoms with E-state index in [2.05, 4.69) is 0 Å². The summed E-state index contributed by atoms with van der Waals surface area (Å²) < 4.78 is 11.0. The van der Waals surface area contributed by atoms with Gasteiger partial charge in [-0.25, -0.2) is 4.21 Å². The van der Waals surface area contributed by atoms with Gasteiger partial charge in [-0.2, -0.15) is 0 Å². The summed E-state index contributed by atoms with van der Waals surface area (Å²) in [6.07, 6.45) is 0.672. The topological polar surface area (TPSA) is 89.3 Å². The van der Waals surface area contributed by atoms with E-state index in [9.17, 15) is 4.21 Å². The van der Waals surface area contributed by atoms with Crippen molar-refractivity contribution in [1.29, 1.82) is 0 Å². The fourth-order valence-corrected chi connectivity index (χ4v) is 2.27. The lowest BCUT2D eigenvalue weighted by molar-refractivity contribution is 0.282. The third kappa shape index (κ3) is 3.88. The molecule has 1 unspecified atom stereocenters. The van der Waals surface area contributed by atoms with Crippen LogP contribution >= 0.6 is 0 Å². The number of nitrogens with two attached hydrogens (primary N) is 2. The van der Waals surface area contributed by atoms with Crippen LogP contribution in [0.25, 0.3) is 0 Å². The van der Waals surface area contributed by atoms with Gasteiger partial charge < -0.3 is 10.8 Å². The Morgan fingerprint density at radius 2 is 1.89 bits per heavy atom. The first-order valence-corrected chi connectivity index (χ1v) is 7.18. The van der Waals surface area contributed by atoms with Gasteiger partial charge in [0.1, 0.15) is 0 Å². The van der Waals surface area contributed by atoms with E-state index in [1.807, 2.05) is 38.1 Å². The monoisotopic (exact) mass is 270 g/mol. The van der Waals surface area contributed by atoms with E-state index in [0.29, 0.717) is 13.0 Å². The summed E-state index contributed by atoms with van der Waals surface area (Å²) in [4.78, 5) is 0. The van der Waals surface area contributed by atoms with E-state index < -0.39 is 15.7 Å². The van der Waals surface area contributed by atoms with Gasteiger partial charge in [0.25, 0.3) is 0 Å². The first kappa shape index (κ1) is 15.3. The third-order valence-electron chi connectivity index (χ3n) is 3.20. The van der Waals surface area contributed by atoms with Crippen LogP contribution in [0.1, 0.15) is 37.3 Å². The van der Waals surface area contributed by atoms with Gasteiger partial charge in [0.05, 0.1) is 22.3 Å². The highest BCUT2D eigenvalue weighted by Gasteiger charge is 2.28. The van der Waals surface area contributed by atoms with Crippen molar-refractivity contribution in [2.45, 2.75) is 37.5 Å². The van der Waals surface area contributed by atoms with Gasteiger partial charge in [-0.05, 0) is 43.9 Å². The predicted octanol–water partition coefficient (Wildman–Crippen LogP) is 1.01.